The molecular weight excluding hydrogens is 302 g/mol. The third kappa shape index (κ3) is 3.39. The summed E-state index contributed by atoms with van der Waals surface area (Å²) in [5.41, 5.74) is 1.14. The molecular formula is C16H18F2N4O. The average molecular weight is 320 g/mol. The van der Waals surface area contributed by atoms with Crippen LogP contribution in [-0.2, 0) is 18.4 Å². The fraction of sp³-hybridized carbons (Fsp3) is 0.375. The molecule has 0 aliphatic carbocycles. The highest BCUT2D eigenvalue weighted by atomic mass is 19.1. The molecule has 2 atom stereocenters. The quantitative estimate of drug-likeness (QED) is 0.893. The number of hydrogen-bond donors (Lipinski definition) is 2. The van der Waals surface area contributed by atoms with Crippen LogP contribution in [0.1, 0.15) is 17.0 Å². The van der Waals surface area contributed by atoms with E-state index >= 15 is 0 Å². The fourth-order valence-electron chi connectivity index (χ4n) is 2.93. The summed E-state index contributed by atoms with van der Waals surface area (Å²) < 4.78 is 28.5. The second kappa shape index (κ2) is 6.45. The van der Waals surface area contributed by atoms with E-state index in [1.807, 2.05) is 13.2 Å². The molecule has 2 heterocycles. The van der Waals surface area contributed by atoms with E-state index in [1.54, 1.807) is 10.9 Å². The number of rotatable bonds is 4. The van der Waals surface area contributed by atoms with Gasteiger partial charge in [0.05, 0.1) is 12.1 Å². The Morgan fingerprint density at radius 1 is 1.43 bits per heavy atom. The molecule has 1 aromatic carbocycles. The van der Waals surface area contributed by atoms with Crippen molar-refractivity contribution in [1.82, 2.24) is 20.4 Å². The van der Waals surface area contributed by atoms with Gasteiger partial charge in [-0.1, -0.05) is 0 Å². The monoisotopic (exact) mass is 320 g/mol. The summed E-state index contributed by atoms with van der Waals surface area (Å²) in [5, 5.41) is 10.0. The van der Waals surface area contributed by atoms with Gasteiger partial charge in [-0.3, -0.25) is 9.48 Å². The van der Waals surface area contributed by atoms with Gasteiger partial charge >= 0.3 is 0 Å². The lowest BCUT2D eigenvalue weighted by molar-refractivity contribution is -0.125. The minimum atomic E-state index is -0.528. The highest BCUT2D eigenvalue weighted by molar-refractivity contribution is 5.80. The van der Waals surface area contributed by atoms with Crippen molar-refractivity contribution >= 4 is 5.91 Å². The Morgan fingerprint density at radius 2 is 2.26 bits per heavy atom. The van der Waals surface area contributed by atoms with Crippen molar-refractivity contribution in [3.8, 4) is 0 Å². The van der Waals surface area contributed by atoms with Gasteiger partial charge in [0, 0.05) is 44.4 Å². The van der Waals surface area contributed by atoms with Gasteiger partial charge in [0.1, 0.15) is 11.6 Å². The zero-order valence-corrected chi connectivity index (χ0v) is 12.7. The van der Waals surface area contributed by atoms with Gasteiger partial charge in [-0.15, -0.1) is 0 Å². The van der Waals surface area contributed by atoms with E-state index < -0.39 is 11.6 Å². The second-order valence-corrected chi connectivity index (χ2v) is 5.77. The first-order valence-electron chi connectivity index (χ1n) is 7.45. The molecule has 1 saturated heterocycles. The van der Waals surface area contributed by atoms with Crippen molar-refractivity contribution in [3.63, 3.8) is 0 Å². The van der Waals surface area contributed by atoms with Gasteiger partial charge in [-0.2, -0.15) is 5.10 Å². The molecule has 3 rings (SSSR count). The summed E-state index contributed by atoms with van der Waals surface area (Å²) >= 11 is 0. The van der Waals surface area contributed by atoms with Crippen molar-refractivity contribution in [3.05, 3.63) is 53.4 Å². The number of carbonyl (C=O) groups excluding carboxylic acids is 1. The fourth-order valence-corrected chi connectivity index (χ4v) is 2.93. The molecule has 0 bridgehead atoms. The van der Waals surface area contributed by atoms with Crippen molar-refractivity contribution < 1.29 is 13.6 Å². The zero-order valence-electron chi connectivity index (χ0n) is 12.7. The predicted molar refractivity (Wildman–Crippen MR) is 80.5 cm³/mol. The largest absolute Gasteiger partial charge is 0.352 e. The Morgan fingerprint density at radius 3 is 3.00 bits per heavy atom. The maximum Gasteiger partial charge on any atom is 0.225 e. The molecule has 7 heteroatoms. The van der Waals surface area contributed by atoms with Crippen molar-refractivity contribution in [2.45, 2.75) is 12.5 Å². The number of aromatic nitrogens is 2. The molecule has 122 valence electrons. The Hall–Kier alpha value is -2.28. The van der Waals surface area contributed by atoms with E-state index in [9.17, 15) is 13.6 Å². The lowest BCUT2D eigenvalue weighted by Crippen LogP contribution is -2.34. The molecule has 2 aromatic rings. The van der Waals surface area contributed by atoms with Crippen LogP contribution in [0.4, 0.5) is 8.78 Å². The highest BCUT2D eigenvalue weighted by Gasteiger charge is 2.34. The van der Waals surface area contributed by atoms with Gasteiger partial charge < -0.3 is 10.6 Å². The number of aryl methyl sites for hydroxylation is 1. The molecule has 1 aromatic heterocycles. The maximum absolute atomic E-state index is 13.6. The summed E-state index contributed by atoms with van der Waals surface area (Å²) in [7, 11) is 1.83. The lowest BCUT2D eigenvalue weighted by Gasteiger charge is -2.17. The Kier molecular flexibility index (Phi) is 4.38. The highest BCUT2D eigenvalue weighted by Crippen LogP contribution is 2.28. The van der Waals surface area contributed by atoms with E-state index in [0.29, 0.717) is 13.1 Å². The van der Waals surface area contributed by atoms with Crippen LogP contribution >= 0.6 is 0 Å². The summed E-state index contributed by atoms with van der Waals surface area (Å²) in [4.78, 5) is 12.4. The summed E-state index contributed by atoms with van der Waals surface area (Å²) in [6.45, 7) is 1.22. The topological polar surface area (TPSA) is 59.0 Å². The van der Waals surface area contributed by atoms with Crippen LogP contribution in [-0.4, -0.2) is 28.8 Å². The van der Waals surface area contributed by atoms with E-state index in [2.05, 4.69) is 15.7 Å². The number of amides is 1. The Bertz CT molecular complexity index is 716. The molecule has 23 heavy (non-hydrogen) atoms. The zero-order chi connectivity index (χ0) is 16.4. The summed E-state index contributed by atoms with van der Waals surface area (Å²) in [6.07, 6.45) is 3.65. The van der Waals surface area contributed by atoms with Gasteiger partial charge in [0.2, 0.25) is 5.91 Å². The first kappa shape index (κ1) is 15.6. The smallest absolute Gasteiger partial charge is 0.225 e. The molecule has 1 fully saturated rings. The molecule has 1 amide bonds. The standard InChI is InChI=1S/C16H18F2N4O/c1-22-9-11(6-21-22)13-7-19-8-14(13)16(23)20-5-10-4-12(17)2-3-15(10)18/h2-4,6,9,13-14,19H,5,7-8H2,1H3,(H,20,23)/t13-,14+/m1/s1. The number of carbonyl (C=O) groups is 1. The third-order valence-corrected chi connectivity index (χ3v) is 4.16. The number of nitrogens with zero attached hydrogens (tertiary/aromatic N) is 2. The number of halogens is 2. The first-order valence-corrected chi connectivity index (χ1v) is 7.45. The molecule has 0 saturated carbocycles. The predicted octanol–water partition coefficient (Wildman–Crippen LogP) is 1.32. The van der Waals surface area contributed by atoms with Crippen molar-refractivity contribution in [2.75, 3.05) is 13.1 Å². The number of hydrogen-bond acceptors (Lipinski definition) is 3. The minimum absolute atomic E-state index is 0.0288. The number of benzene rings is 1. The van der Waals surface area contributed by atoms with Gasteiger partial charge in [0.15, 0.2) is 0 Å². The van der Waals surface area contributed by atoms with E-state index in [0.717, 1.165) is 23.8 Å². The molecule has 0 radical (unpaired) electrons. The Balaban J connectivity index is 1.66. The molecule has 1 aliphatic rings. The number of nitrogens with one attached hydrogen (secondary N) is 2. The van der Waals surface area contributed by atoms with Crippen LogP contribution in [0.25, 0.3) is 0 Å². The second-order valence-electron chi connectivity index (χ2n) is 5.77. The van der Waals surface area contributed by atoms with E-state index in [-0.39, 0.29) is 29.9 Å². The van der Waals surface area contributed by atoms with Crippen molar-refractivity contribution in [1.29, 1.82) is 0 Å². The van der Waals surface area contributed by atoms with Crippen LogP contribution in [0.5, 0.6) is 0 Å². The molecule has 2 N–H and O–H groups in total. The van der Waals surface area contributed by atoms with Crippen LogP contribution in [0.2, 0.25) is 0 Å². The first-order chi connectivity index (χ1) is 11.0. The SMILES string of the molecule is Cn1cc([C@H]2CNC[C@@H]2C(=O)NCc2cc(F)ccc2F)cn1. The van der Waals surface area contributed by atoms with Crippen LogP contribution in [0.15, 0.2) is 30.6 Å². The van der Waals surface area contributed by atoms with Gasteiger partial charge in [-0.05, 0) is 23.8 Å². The summed E-state index contributed by atoms with van der Waals surface area (Å²) in [6, 6.07) is 3.22. The molecule has 5 nitrogen and oxygen atoms in total. The van der Waals surface area contributed by atoms with Crippen LogP contribution in [0, 0.1) is 17.6 Å². The Labute approximate surface area is 132 Å². The lowest BCUT2D eigenvalue weighted by atomic mass is 9.90. The maximum atomic E-state index is 13.6. The van der Waals surface area contributed by atoms with Gasteiger partial charge in [0.25, 0.3) is 0 Å². The summed E-state index contributed by atoms with van der Waals surface area (Å²) in [5.74, 6) is -1.45. The molecule has 0 spiro atoms. The average Bonchev–Trinajstić information content (AvgIpc) is 3.16. The van der Waals surface area contributed by atoms with Gasteiger partial charge in [-0.25, -0.2) is 8.78 Å². The third-order valence-electron chi connectivity index (χ3n) is 4.16. The van der Waals surface area contributed by atoms with Crippen LogP contribution in [0.3, 0.4) is 0 Å². The minimum Gasteiger partial charge on any atom is -0.352 e. The normalized spacial score (nSPS) is 20.7. The van der Waals surface area contributed by atoms with Crippen molar-refractivity contribution in [2.24, 2.45) is 13.0 Å². The van der Waals surface area contributed by atoms with E-state index in [1.165, 1.54) is 0 Å². The molecule has 0 unspecified atom stereocenters. The molecule has 1 aliphatic heterocycles. The van der Waals surface area contributed by atoms with E-state index in [4.69, 9.17) is 0 Å². The van der Waals surface area contributed by atoms with Crippen LogP contribution < -0.4 is 10.6 Å².